The Kier molecular flexibility index (Phi) is 2.92. The van der Waals surface area contributed by atoms with Gasteiger partial charge < -0.3 is 15.6 Å². The van der Waals surface area contributed by atoms with Crippen LogP contribution in [-0.4, -0.2) is 17.2 Å². The highest BCUT2D eigenvalue weighted by molar-refractivity contribution is 6.33. The molecule has 1 aromatic carbocycles. The van der Waals surface area contributed by atoms with E-state index in [0.29, 0.717) is 5.75 Å². The number of carboxylic acid groups (broad SMARTS) is 1. The van der Waals surface area contributed by atoms with Crippen LogP contribution in [0.25, 0.3) is 0 Å². The number of carboxylic acids is 1. The monoisotopic (exact) mass is 241 g/mol. The summed E-state index contributed by atoms with van der Waals surface area (Å²) in [6, 6.07) is 2.72. The lowest BCUT2D eigenvalue weighted by atomic mass is 9.96. The molecule has 86 valence electrons. The fourth-order valence-electron chi connectivity index (χ4n) is 1.52. The maximum atomic E-state index is 10.8. The van der Waals surface area contributed by atoms with Crippen molar-refractivity contribution in [1.29, 1.82) is 0 Å². The van der Waals surface area contributed by atoms with Gasteiger partial charge in [-0.1, -0.05) is 11.6 Å². The van der Waals surface area contributed by atoms with Crippen molar-refractivity contribution < 1.29 is 14.6 Å². The number of hydrogen-bond donors (Lipinski definition) is 2. The number of rotatable bonds is 3. The predicted octanol–water partition coefficient (Wildman–Crippen LogP) is 2.55. The second kappa shape index (κ2) is 4.22. The quantitative estimate of drug-likeness (QED) is 0.798. The number of anilines is 1. The number of nitrogens with two attached hydrogens (primary N) is 1. The maximum Gasteiger partial charge on any atom is 0.335 e. The average Bonchev–Trinajstić information content (AvgIpc) is 2.13. The van der Waals surface area contributed by atoms with Gasteiger partial charge in [0.25, 0.3) is 0 Å². The summed E-state index contributed by atoms with van der Waals surface area (Å²) in [6.07, 6.45) is 3.30. The van der Waals surface area contributed by atoms with Crippen LogP contribution in [0.5, 0.6) is 5.75 Å². The van der Waals surface area contributed by atoms with E-state index >= 15 is 0 Å². The normalized spacial score (nSPS) is 15.6. The summed E-state index contributed by atoms with van der Waals surface area (Å²) in [6.45, 7) is 0. The molecule has 0 aromatic heterocycles. The third-order valence-corrected chi connectivity index (χ3v) is 2.94. The molecule has 1 aliphatic rings. The fourth-order valence-corrected chi connectivity index (χ4v) is 1.79. The molecule has 0 amide bonds. The van der Waals surface area contributed by atoms with Crippen molar-refractivity contribution in [3.05, 3.63) is 22.7 Å². The van der Waals surface area contributed by atoms with E-state index in [1.54, 1.807) is 0 Å². The minimum absolute atomic E-state index is 0.0726. The Balaban J connectivity index is 2.27. The van der Waals surface area contributed by atoms with Gasteiger partial charge in [-0.05, 0) is 31.4 Å². The fraction of sp³-hybridized carbons (Fsp3) is 0.364. The summed E-state index contributed by atoms with van der Waals surface area (Å²) in [7, 11) is 0. The number of hydrogen-bond acceptors (Lipinski definition) is 3. The number of ether oxygens (including phenoxy) is 1. The molecule has 0 unspecified atom stereocenters. The zero-order chi connectivity index (χ0) is 11.7. The summed E-state index contributed by atoms with van der Waals surface area (Å²) >= 11 is 5.94. The Bertz CT molecular complexity index is 406. The minimum Gasteiger partial charge on any atom is -0.487 e. The highest BCUT2D eigenvalue weighted by Gasteiger charge is 2.22. The molecule has 0 saturated heterocycles. The van der Waals surface area contributed by atoms with Gasteiger partial charge in [0.1, 0.15) is 0 Å². The summed E-state index contributed by atoms with van der Waals surface area (Å²) in [5.41, 5.74) is 6.06. The lowest BCUT2D eigenvalue weighted by Gasteiger charge is -2.27. The number of benzene rings is 1. The zero-order valence-corrected chi connectivity index (χ0v) is 9.33. The van der Waals surface area contributed by atoms with Gasteiger partial charge in [0, 0.05) is 0 Å². The summed E-state index contributed by atoms with van der Waals surface area (Å²) in [4.78, 5) is 10.8. The van der Waals surface area contributed by atoms with Crippen LogP contribution in [-0.2, 0) is 0 Å². The van der Waals surface area contributed by atoms with Crippen molar-refractivity contribution in [2.24, 2.45) is 0 Å². The Morgan fingerprint density at radius 1 is 1.50 bits per heavy atom. The van der Waals surface area contributed by atoms with Crippen molar-refractivity contribution >= 4 is 23.3 Å². The van der Waals surface area contributed by atoms with E-state index < -0.39 is 5.97 Å². The molecule has 0 spiro atoms. The molecule has 0 aliphatic heterocycles. The van der Waals surface area contributed by atoms with E-state index in [2.05, 4.69) is 0 Å². The second-order valence-corrected chi connectivity index (χ2v) is 4.26. The molecule has 0 radical (unpaired) electrons. The number of halogens is 1. The van der Waals surface area contributed by atoms with Crippen molar-refractivity contribution in [2.75, 3.05) is 5.73 Å². The SMILES string of the molecule is Nc1cc(C(=O)O)cc(Cl)c1OC1CCC1. The van der Waals surface area contributed by atoms with Crippen LogP contribution in [0.4, 0.5) is 5.69 Å². The third-order valence-electron chi connectivity index (χ3n) is 2.66. The number of nitrogen functional groups attached to an aromatic ring is 1. The Labute approximate surface area is 98.0 Å². The van der Waals surface area contributed by atoms with Crippen LogP contribution in [0.1, 0.15) is 29.6 Å². The Morgan fingerprint density at radius 2 is 2.19 bits per heavy atom. The van der Waals surface area contributed by atoms with E-state index in [-0.39, 0.29) is 22.4 Å². The molecule has 1 aromatic rings. The van der Waals surface area contributed by atoms with Crippen LogP contribution in [0.3, 0.4) is 0 Å². The highest BCUT2D eigenvalue weighted by atomic mass is 35.5. The molecule has 0 heterocycles. The molecule has 1 saturated carbocycles. The van der Waals surface area contributed by atoms with Gasteiger partial charge in [-0.2, -0.15) is 0 Å². The maximum absolute atomic E-state index is 10.8. The van der Waals surface area contributed by atoms with Crippen LogP contribution in [0.15, 0.2) is 12.1 Å². The Morgan fingerprint density at radius 3 is 2.62 bits per heavy atom. The van der Waals surface area contributed by atoms with Gasteiger partial charge in [0.15, 0.2) is 5.75 Å². The van der Waals surface area contributed by atoms with E-state index in [9.17, 15) is 4.79 Å². The largest absolute Gasteiger partial charge is 0.487 e. The number of carbonyl (C=O) groups is 1. The second-order valence-electron chi connectivity index (χ2n) is 3.85. The van der Waals surface area contributed by atoms with E-state index in [0.717, 1.165) is 19.3 Å². The zero-order valence-electron chi connectivity index (χ0n) is 8.57. The molecule has 5 heteroatoms. The molecule has 1 fully saturated rings. The predicted molar refractivity (Wildman–Crippen MR) is 61.1 cm³/mol. The van der Waals surface area contributed by atoms with Crippen LogP contribution in [0.2, 0.25) is 5.02 Å². The molecule has 0 atom stereocenters. The topological polar surface area (TPSA) is 72.6 Å². The molecule has 4 nitrogen and oxygen atoms in total. The van der Waals surface area contributed by atoms with Gasteiger partial charge in [0.2, 0.25) is 0 Å². The third kappa shape index (κ3) is 2.07. The first-order chi connectivity index (χ1) is 7.58. The van der Waals surface area contributed by atoms with Gasteiger partial charge in [-0.25, -0.2) is 4.79 Å². The first-order valence-electron chi connectivity index (χ1n) is 5.07. The van der Waals surface area contributed by atoms with Crippen molar-refractivity contribution in [1.82, 2.24) is 0 Å². The first kappa shape index (κ1) is 11.1. The molecular formula is C11H12ClNO3. The average molecular weight is 242 g/mol. The van der Waals surface area contributed by atoms with Gasteiger partial charge >= 0.3 is 5.97 Å². The van der Waals surface area contributed by atoms with E-state index in [1.807, 2.05) is 0 Å². The van der Waals surface area contributed by atoms with E-state index in [1.165, 1.54) is 12.1 Å². The van der Waals surface area contributed by atoms with Gasteiger partial charge in [-0.3, -0.25) is 0 Å². The van der Waals surface area contributed by atoms with Gasteiger partial charge in [-0.15, -0.1) is 0 Å². The summed E-state index contributed by atoms with van der Waals surface area (Å²) in [5, 5.41) is 9.06. The van der Waals surface area contributed by atoms with Gasteiger partial charge in [0.05, 0.1) is 22.4 Å². The summed E-state index contributed by atoms with van der Waals surface area (Å²) < 4.78 is 5.60. The minimum atomic E-state index is -1.05. The van der Waals surface area contributed by atoms with Crippen LogP contribution >= 0.6 is 11.6 Å². The summed E-state index contributed by atoms with van der Waals surface area (Å²) in [5.74, 6) is -0.653. The van der Waals surface area contributed by atoms with E-state index in [4.69, 9.17) is 27.2 Å². The van der Waals surface area contributed by atoms with Crippen molar-refractivity contribution in [2.45, 2.75) is 25.4 Å². The number of aromatic carboxylic acids is 1. The highest BCUT2D eigenvalue weighted by Crippen LogP contribution is 2.36. The molecule has 0 bridgehead atoms. The van der Waals surface area contributed by atoms with Crippen molar-refractivity contribution in [3.63, 3.8) is 0 Å². The standard InChI is InChI=1S/C11H12ClNO3/c12-8-4-6(11(14)15)5-9(13)10(8)16-7-2-1-3-7/h4-5,7H,1-3,13H2,(H,14,15). The van der Waals surface area contributed by atoms with Crippen molar-refractivity contribution in [3.8, 4) is 5.75 Å². The lowest BCUT2D eigenvalue weighted by molar-refractivity contribution is 0.0697. The molecule has 2 rings (SSSR count). The van der Waals surface area contributed by atoms with Crippen LogP contribution < -0.4 is 10.5 Å². The smallest absolute Gasteiger partial charge is 0.335 e. The Hall–Kier alpha value is -1.42. The molecular weight excluding hydrogens is 230 g/mol. The molecule has 1 aliphatic carbocycles. The first-order valence-corrected chi connectivity index (χ1v) is 5.44. The molecule has 16 heavy (non-hydrogen) atoms. The molecule has 3 N–H and O–H groups in total. The lowest BCUT2D eigenvalue weighted by Crippen LogP contribution is -2.25. The van der Waals surface area contributed by atoms with Crippen LogP contribution in [0, 0.1) is 0 Å².